The number of halogens is 3. The Balaban J connectivity index is 2.00. The fourth-order valence-electron chi connectivity index (χ4n) is 2.49. The Labute approximate surface area is 151 Å². The maximum Gasteiger partial charge on any atom is 0.416 e. The molecule has 0 amide bonds. The van der Waals surface area contributed by atoms with Crippen molar-refractivity contribution in [3.8, 4) is 11.8 Å². The summed E-state index contributed by atoms with van der Waals surface area (Å²) >= 11 is 0. The van der Waals surface area contributed by atoms with Crippen LogP contribution in [0.1, 0.15) is 33.2 Å². The van der Waals surface area contributed by atoms with Gasteiger partial charge in [0.05, 0.1) is 17.3 Å². The van der Waals surface area contributed by atoms with Gasteiger partial charge in [0.2, 0.25) is 0 Å². The molecule has 3 rings (SSSR count). The van der Waals surface area contributed by atoms with Crippen molar-refractivity contribution in [2.75, 3.05) is 0 Å². The fourth-order valence-corrected chi connectivity index (χ4v) is 2.49. The number of Topliss-reactive ketones (excluding diaryl/α,β-unsaturated/α-hetero) is 1. The molecule has 0 aliphatic rings. The molecule has 0 radical (unpaired) electrons. The van der Waals surface area contributed by atoms with Crippen molar-refractivity contribution in [1.29, 1.82) is 5.26 Å². The molecule has 0 saturated heterocycles. The van der Waals surface area contributed by atoms with Crippen molar-refractivity contribution in [2.45, 2.75) is 19.0 Å². The lowest BCUT2D eigenvalue weighted by molar-refractivity contribution is -0.137. The first-order valence-electron chi connectivity index (χ1n) is 7.77. The van der Waals surface area contributed by atoms with E-state index in [4.69, 9.17) is 0 Å². The highest BCUT2D eigenvalue weighted by Crippen LogP contribution is 2.30. The summed E-state index contributed by atoms with van der Waals surface area (Å²) < 4.78 is 39.9. The van der Waals surface area contributed by atoms with Gasteiger partial charge in [-0.05, 0) is 41.6 Å². The molecule has 0 saturated carbocycles. The molecule has 6 nitrogen and oxygen atoms in total. The number of aromatic nitrogens is 4. The summed E-state index contributed by atoms with van der Waals surface area (Å²) in [4.78, 5) is 12.7. The zero-order valence-corrected chi connectivity index (χ0v) is 14.0. The summed E-state index contributed by atoms with van der Waals surface area (Å²) in [7, 11) is 0. The number of hydrogen-bond acceptors (Lipinski definition) is 5. The second-order valence-electron chi connectivity index (χ2n) is 5.79. The molecule has 27 heavy (non-hydrogen) atoms. The molecule has 136 valence electrons. The average molecular weight is 371 g/mol. The summed E-state index contributed by atoms with van der Waals surface area (Å²) in [6.07, 6.45) is -4.60. The third-order valence-electron chi connectivity index (χ3n) is 3.90. The minimum Gasteiger partial charge on any atom is -0.292 e. The van der Waals surface area contributed by atoms with Crippen LogP contribution in [0.4, 0.5) is 13.2 Å². The zero-order valence-electron chi connectivity index (χ0n) is 14.0. The number of aryl methyl sites for hydroxylation is 1. The summed E-state index contributed by atoms with van der Waals surface area (Å²) in [6.45, 7) is 1.89. The monoisotopic (exact) mass is 371 g/mol. The van der Waals surface area contributed by atoms with E-state index in [1.807, 2.05) is 6.92 Å². The predicted octanol–water partition coefficient (Wildman–Crippen LogP) is 3.48. The van der Waals surface area contributed by atoms with Gasteiger partial charge in [0.15, 0.2) is 17.5 Å². The summed E-state index contributed by atoms with van der Waals surface area (Å²) in [5.41, 5.74) is 0.306. The van der Waals surface area contributed by atoms with Crippen LogP contribution in [0, 0.1) is 18.3 Å². The number of carbonyl (C=O) groups is 1. The predicted molar refractivity (Wildman–Crippen MR) is 88.0 cm³/mol. The van der Waals surface area contributed by atoms with Crippen molar-refractivity contribution in [2.24, 2.45) is 0 Å². The van der Waals surface area contributed by atoms with E-state index in [1.165, 1.54) is 10.7 Å². The van der Waals surface area contributed by atoms with Crippen LogP contribution in [0.25, 0.3) is 5.69 Å². The lowest BCUT2D eigenvalue weighted by Crippen LogP contribution is -2.17. The summed E-state index contributed by atoms with van der Waals surface area (Å²) in [5, 5.41) is 20.5. The van der Waals surface area contributed by atoms with Crippen LogP contribution in [0.3, 0.4) is 0 Å². The maximum atomic E-state index is 12.9. The number of carbonyl (C=O) groups excluding carboxylic acids is 1. The molecule has 0 fully saturated rings. The van der Waals surface area contributed by atoms with Gasteiger partial charge in [-0.25, -0.2) is 0 Å². The van der Waals surface area contributed by atoms with Crippen LogP contribution in [-0.2, 0) is 6.18 Å². The van der Waals surface area contributed by atoms with Gasteiger partial charge in [0.1, 0.15) is 0 Å². The number of hydrogen-bond donors (Lipinski definition) is 0. The smallest absolute Gasteiger partial charge is 0.292 e. The molecular weight excluding hydrogens is 359 g/mol. The second kappa shape index (κ2) is 6.99. The van der Waals surface area contributed by atoms with Gasteiger partial charge in [-0.2, -0.15) is 23.1 Å². The average Bonchev–Trinajstić information content (AvgIpc) is 3.12. The Morgan fingerprint density at radius 3 is 2.52 bits per heavy atom. The normalized spacial score (nSPS) is 12.4. The van der Waals surface area contributed by atoms with Gasteiger partial charge in [0, 0.05) is 5.56 Å². The van der Waals surface area contributed by atoms with Crippen molar-refractivity contribution < 1.29 is 18.0 Å². The van der Waals surface area contributed by atoms with E-state index in [-0.39, 0.29) is 11.4 Å². The molecular formula is C18H12F3N5O. The first kappa shape index (κ1) is 18.3. The Hall–Kier alpha value is -3.54. The topological polar surface area (TPSA) is 84.5 Å². The Morgan fingerprint density at radius 1 is 1.19 bits per heavy atom. The molecule has 2 aromatic carbocycles. The quantitative estimate of drug-likeness (QED) is 0.656. The molecule has 1 heterocycles. The lowest BCUT2D eigenvalue weighted by Gasteiger charge is -2.11. The first-order valence-corrected chi connectivity index (χ1v) is 7.77. The third-order valence-corrected chi connectivity index (χ3v) is 3.90. The van der Waals surface area contributed by atoms with E-state index in [2.05, 4.69) is 15.5 Å². The van der Waals surface area contributed by atoms with E-state index in [0.29, 0.717) is 11.8 Å². The highest BCUT2D eigenvalue weighted by molar-refractivity contribution is 6.02. The Morgan fingerprint density at radius 2 is 1.89 bits per heavy atom. The lowest BCUT2D eigenvalue weighted by atomic mass is 9.96. The highest BCUT2D eigenvalue weighted by atomic mass is 19.4. The van der Waals surface area contributed by atoms with E-state index in [1.54, 1.807) is 30.3 Å². The van der Waals surface area contributed by atoms with Crippen molar-refractivity contribution >= 4 is 5.78 Å². The number of benzene rings is 2. The molecule has 0 unspecified atom stereocenters. The number of tetrazole rings is 1. The molecule has 0 spiro atoms. The number of nitrogens with zero attached hydrogens (tertiary/aromatic N) is 5. The van der Waals surface area contributed by atoms with Crippen molar-refractivity contribution in [3.05, 3.63) is 71.0 Å². The summed E-state index contributed by atoms with van der Waals surface area (Å²) in [6, 6.07) is 12.7. The van der Waals surface area contributed by atoms with Crippen LogP contribution in [0.2, 0.25) is 0 Å². The first-order chi connectivity index (χ1) is 12.8. The molecule has 9 heteroatoms. The van der Waals surface area contributed by atoms with Crippen molar-refractivity contribution in [1.82, 2.24) is 20.2 Å². The largest absolute Gasteiger partial charge is 0.416 e. The highest BCUT2D eigenvalue weighted by Gasteiger charge is 2.33. The van der Waals surface area contributed by atoms with Crippen LogP contribution in [0.5, 0.6) is 0 Å². The molecule has 0 N–H and O–H groups in total. The zero-order chi connectivity index (χ0) is 19.6. The number of alkyl halides is 3. The minimum atomic E-state index is -4.60. The molecule has 1 atom stereocenters. The standard InChI is InChI=1S/C18H12F3N5O/c1-11-5-7-14(8-6-11)26-17(23-24-25-26)15(10-22)16(27)12-3-2-4-13(9-12)18(19,20)21/h2-9,15H,1H3/t15-/m0/s1. The summed E-state index contributed by atoms with van der Waals surface area (Å²) in [5.74, 6) is -2.33. The molecule has 3 aromatic rings. The van der Waals surface area contributed by atoms with Crippen LogP contribution >= 0.6 is 0 Å². The van der Waals surface area contributed by atoms with Gasteiger partial charge < -0.3 is 0 Å². The second-order valence-corrected chi connectivity index (χ2v) is 5.79. The van der Waals surface area contributed by atoms with E-state index < -0.39 is 23.4 Å². The van der Waals surface area contributed by atoms with Gasteiger partial charge in [0.25, 0.3) is 0 Å². The van der Waals surface area contributed by atoms with Gasteiger partial charge in [-0.1, -0.05) is 29.8 Å². The fraction of sp³-hybridized carbons (Fsp3) is 0.167. The van der Waals surface area contributed by atoms with E-state index in [9.17, 15) is 23.2 Å². The van der Waals surface area contributed by atoms with Crippen molar-refractivity contribution in [3.63, 3.8) is 0 Å². The van der Waals surface area contributed by atoms with E-state index >= 15 is 0 Å². The minimum absolute atomic E-state index is 0.0660. The van der Waals surface area contributed by atoms with Gasteiger partial charge >= 0.3 is 6.18 Å². The Kier molecular flexibility index (Phi) is 4.73. The molecule has 1 aromatic heterocycles. The molecule has 0 bridgehead atoms. The third kappa shape index (κ3) is 3.69. The molecule has 0 aliphatic heterocycles. The maximum absolute atomic E-state index is 12.9. The van der Waals surface area contributed by atoms with Crippen LogP contribution < -0.4 is 0 Å². The van der Waals surface area contributed by atoms with Gasteiger partial charge in [-0.15, -0.1) is 5.10 Å². The van der Waals surface area contributed by atoms with E-state index in [0.717, 1.165) is 17.7 Å². The number of nitriles is 1. The molecule has 0 aliphatic carbocycles. The number of ketones is 1. The SMILES string of the molecule is Cc1ccc(-n2nnnc2[C@@H](C#N)C(=O)c2cccc(C(F)(F)F)c2)cc1. The number of rotatable bonds is 4. The van der Waals surface area contributed by atoms with Crippen LogP contribution in [-0.4, -0.2) is 26.0 Å². The van der Waals surface area contributed by atoms with Crippen LogP contribution in [0.15, 0.2) is 48.5 Å². The van der Waals surface area contributed by atoms with Gasteiger partial charge in [-0.3, -0.25) is 4.79 Å². The Bertz CT molecular complexity index is 1020.